The van der Waals surface area contributed by atoms with Crippen LogP contribution in [-0.2, 0) is 16.0 Å². The van der Waals surface area contributed by atoms with E-state index in [-0.39, 0.29) is 11.8 Å². The van der Waals surface area contributed by atoms with Gasteiger partial charge in [0.25, 0.3) is 0 Å². The second-order valence-corrected chi connectivity index (χ2v) is 7.93. The Kier molecular flexibility index (Phi) is 6.79. The van der Waals surface area contributed by atoms with Crippen LogP contribution in [-0.4, -0.2) is 51.1 Å². The minimum atomic E-state index is -0.621. The van der Waals surface area contributed by atoms with Crippen LogP contribution < -0.4 is 14.4 Å². The molecule has 29 heavy (non-hydrogen) atoms. The number of carbonyl (C=O) groups excluding carboxylic acids is 2. The van der Waals surface area contributed by atoms with E-state index >= 15 is 0 Å². The summed E-state index contributed by atoms with van der Waals surface area (Å²) in [7, 11) is 4.94. The quantitative estimate of drug-likeness (QED) is 0.593. The molecule has 0 N–H and O–H groups in total. The topological polar surface area (TPSA) is 59.1 Å². The Morgan fingerprint density at radius 2 is 1.93 bits per heavy atom. The minimum absolute atomic E-state index is 0.132. The van der Waals surface area contributed by atoms with Crippen LogP contribution in [0, 0.1) is 5.92 Å². The van der Waals surface area contributed by atoms with Gasteiger partial charge in [0, 0.05) is 30.3 Å². The normalized spacial score (nSPS) is 16.1. The van der Waals surface area contributed by atoms with Crippen LogP contribution in [0.4, 0.5) is 5.69 Å². The predicted octanol–water partition coefficient (Wildman–Crippen LogP) is 3.52. The van der Waals surface area contributed by atoms with Crippen molar-refractivity contribution in [1.82, 2.24) is 4.90 Å². The highest BCUT2D eigenvalue weighted by atomic mass is 79.9. The molecule has 0 saturated carbocycles. The molecule has 1 aliphatic rings. The second kappa shape index (κ2) is 9.31. The first-order chi connectivity index (χ1) is 13.9. The van der Waals surface area contributed by atoms with Gasteiger partial charge >= 0.3 is 0 Å². The van der Waals surface area contributed by atoms with E-state index in [0.717, 1.165) is 15.7 Å². The fraction of sp³-hybridized carbons (Fsp3) is 0.364. The molecule has 1 saturated heterocycles. The minimum Gasteiger partial charge on any atom is -0.493 e. The number of likely N-dealkylation sites (N-methyl/N-ethyl adjacent to an activating group) is 1. The summed E-state index contributed by atoms with van der Waals surface area (Å²) in [6, 6.07) is 13.3. The first-order valence-corrected chi connectivity index (χ1v) is 10.3. The molecule has 1 unspecified atom stereocenters. The molecular formula is C22H25BrN2O4. The molecule has 2 aromatic rings. The number of benzene rings is 2. The van der Waals surface area contributed by atoms with Gasteiger partial charge in [-0.1, -0.05) is 28.1 Å². The molecule has 0 aromatic heterocycles. The molecule has 0 spiro atoms. The molecule has 2 amide bonds. The Hall–Kier alpha value is -2.54. The molecule has 3 rings (SSSR count). The van der Waals surface area contributed by atoms with Crippen LogP contribution in [0.25, 0.3) is 0 Å². The van der Waals surface area contributed by atoms with E-state index in [0.29, 0.717) is 37.4 Å². The highest BCUT2D eigenvalue weighted by Gasteiger charge is 2.38. The number of anilines is 1. The van der Waals surface area contributed by atoms with Crippen molar-refractivity contribution >= 4 is 33.4 Å². The van der Waals surface area contributed by atoms with Gasteiger partial charge in [-0.2, -0.15) is 0 Å². The summed E-state index contributed by atoms with van der Waals surface area (Å²) in [5.41, 5.74) is 1.85. The van der Waals surface area contributed by atoms with Crippen LogP contribution in [0.1, 0.15) is 12.0 Å². The van der Waals surface area contributed by atoms with Gasteiger partial charge in [0.1, 0.15) is 5.92 Å². The maximum atomic E-state index is 12.9. The Labute approximate surface area is 179 Å². The average molecular weight is 461 g/mol. The summed E-state index contributed by atoms with van der Waals surface area (Å²) < 4.78 is 11.5. The summed E-state index contributed by atoms with van der Waals surface area (Å²) in [5, 5.41) is 0. The van der Waals surface area contributed by atoms with Gasteiger partial charge in [0.05, 0.1) is 14.2 Å². The van der Waals surface area contributed by atoms with E-state index in [4.69, 9.17) is 9.47 Å². The van der Waals surface area contributed by atoms with Crippen molar-refractivity contribution in [2.75, 3.05) is 39.3 Å². The lowest BCUT2D eigenvalue weighted by atomic mass is 10.1. The van der Waals surface area contributed by atoms with Gasteiger partial charge in [-0.15, -0.1) is 0 Å². The zero-order valence-electron chi connectivity index (χ0n) is 16.9. The first kappa shape index (κ1) is 21.2. The van der Waals surface area contributed by atoms with Gasteiger partial charge in [0.2, 0.25) is 11.8 Å². The largest absolute Gasteiger partial charge is 0.493 e. The van der Waals surface area contributed by atoms with Crippen molar-refractivity contribution in [2.45, 2.75) is 12.8 Å². The van der Waals surface area contributed by atoms with E-state index in [1.165, 1.54) is 0 Å². The zero-order chi connectivity index (χ0) is 21.0. The van der Waals surface area contributed by atoms with E-state index in [1.54, 1.807) is 31.1 Å². The fourth-order valence-electron chi connectivity index (χ4n) is 3.52. The molecule has 1 heterocycles. The van der Waals surface area contributed by atoms with Crippen LogP contribution in [0.3, 0.4) is 0 Å². The van der Waals surface area contributed by atoms with E-state index < -0.39 is 5.92 Å². The lowest BCUT2D eigenvalue weighted by Gasteiger charge is -2.21. The van der Waals surface area contributed by atoms with Crippen molar-refractivity contribution < 1.29 is 19.1 Å². The van der Waals surface area contributed by atoms with Crippen LogP contribution in [0.5, 0.6) is 11.5 Å². The maximum Gasteiger partial charge on any atom is 0.239 e. The number of carbonyl (C=O) groups is 2. The van der Waals surface area contributed by atoms with Gasteiger partial charge in [-0.3, -0.25) is 9.59 Å². The Balaban J connectivity index is 1.61. The van der Waals surface area contributed by atoms with Crippen LogP contribution >= 0.6 is 15.9 Å². The number of hydrogen-bond acceptors (Lipinski definition) is 4. The average Bonchev–Trinajstić information content (AvgIpc) is 3.12. The molecule has 7 heteroatoms. The highest BCUT2D eigenvalue weighted by molar-refractivity contribution is 9.10. The monoisotopic (exact) mass is 460 g/mol. The number of ether oxygens (including phenoxy) is 2. The molecule has 1 fully saturated rings. The van der Waals surface area contributed by atoms with Gasteiger partial charge in [-0.25, -0.2) is 0 Å². The van der Waals surface area contributed by atoms with Gasteiger partial charge in [-0.05, 0) is 48.7 Å². The van der Waals surface area contributed by atoms with Crippen molar-refractivity contribution in [1.29, 1.82) is 0 Å². The van der Waals surface area contributed by atoms with Crippen molar-refractivity contribution in [3.8, 4) is 11.5 Å². The summed E-state index contributed by atoms with van der Waals surface area (Å²) in [5.74, 6) is 0.447. The summed E-state index contributed by atoms with van der Waals surface area (Å²) >= 11 is 3.43. The van der Waals surface area contributed by atoms with Gasteiger partial charge < -0.3 is 19.3 Å². The third-order valence-corrected chi connectivity index (χ3v) is 5.68. The molecule has 154 valence electrons. The molecule has 0 aliphatic carbocycles. The Morgan fingerprint density at radius 3 is 2.62 bits per heavy atom. The number of amides is 2. The van der Waals surface area contributed by atoms with E-state index in [9.17, 15) is 9.59 Å². The third-order valence-electron chi connectivity index (χ3n) is 5.18. The Morgan fingerprint density at radius 1 is 1.17 bits per heavy atom. The summed E-state index contributed by atoms with van der Waals surface area (Å²) in [4.78, 5) is 29.0. The smallest absolute Gasteiger partial charge is 0.239 e. The fourth-order valence-corrected chi connectivity index (χ4v) is 3.91. The first-order valence-electron chi connectivity index (χ1n) is 9.47. The summed E-state index contributed by atoms with van der Waals surface area (Å²) in [6.45, 7) is 1.07. The number of rotatable bonds is 7. The molecule has 6 nitrogen and oxygen atoms in total. The van der Waals surface area contributed by atoms with E-state index in [2.05, 4.69) is 15.9 Å². The number of methoxy groups -OCH3 is 2. The van der Waals surface area contributed by atoms with E-state index in [1.807, 2.05) is 42.5 Å². The molecular weight excluding hydrogens is 436 g/mol. The molecule has 0 bridgehead atoms. The molecule has 1 aliphatic heterocycles. The lowest BCUT2D eigenvalue weighted by Crippen LogP contribution is -2.39. The highest BCUT2D eigenvalue weighted by Crippen LogP contribution is 2.29. The van der Waals surface area contributed by atoms with Crippen LogP contribution in [0.15, 0.2) is 46.9 Å². The predicted molar refractivity (Wildman–Crippen MR) is 115 cm³/mol. The molecule has 2 aromatic carbocycles. The maximum absolute atomic E-state index is 12.9. The zero-order valence-corrected chi connectivity index (χ0v) is 18.4. The van der Waals surface area contributed by atoms with Crippen LogP contribution in [0.2, 0.25) is 0 Å². The molecule has 0 radical (unpaired) electrons. The number of nitrogens with zero attached hydrogens (tertiary/aromatic N) is 2. The van der Waals surface area contributed by atoms with Crippen molar-refractivity contribution in [2.24, 2.45) is 5.92 Å². The second-order valence-electron chi connectivity index (χ2n) is 7.01. The Bertz CT molecular complexity index is 902. The van der Waals surface area contributed by atoms with Gasteiger partial charge in [0.15, 0.2) is 11.5 Å². The SMILES string of the molecule is COc1ccc(CCN(C)C(=O)C2CCN(c3cccc(Br)c3)C2=O)cc1OC. The van der Waals surface area contributed by atoms with Crippen molar-refractivity contribution in [3.63, 3.8) is 0 Å². The molecule has 1 atom stereocenters. The third kappa shape index (κ3) is 4.72. The van der Waals surface area contributed by atoms with Crippen molar-refractivity contribution in [3.05, 3.63) is 52.5 Å². The summed E-state index contributed by atoms with van der Waals surface area (Å²) in [6.07, 6.45) is 1.20. The standard InChI is InChI=1S/C22H25BrN2O4/c1-24(11-9-15-7-8-19(28-2)20(13-15)29-3)21(26)18-10-12-25(22(18)27)17-6-4-5-16(23)14-17/h4-8,13-14,18H,9-12H2,1-3H3. The lowest BCUT2D eigenvalue weighted by molar-refractivity contribution is -0.138. The number of hydrogen-bond donors (Lipinski definition) is 0. The number of halogens is 1.